The molecule has 6 rings (SSSR count). The predicted molar refractivity (Wildman–Crippen MR) is 133 cm³/mol. The van der Waals surface area contributed by atoms with E-state index in [0.29, 0.717) is 30.4 Å². The lowest BCUT2D eigenvalue weighted by atomic mass is 9.90. The van der Waals surface area contributed by atoms with Gasteiger partial charge in [-0.25, -0.2) is 10.4 Å². The van der Waals surface area contributed by atoms with Crippen LogP contribution in [0.2, 0.25) is 0 Å². The number of aromatic nitrogens is 1. The van der Waals surface area contributed by atoms with Crippen LogP contribution in [0.15, 0.2) is 52.0 Å². The second-order valence-corrected chi connectivity index (χ2v) is 9.73. The van der Waals surface area contributed by atoms with Crippen molar-refractivity contribution in [3.05, 3.63) is 48.0 Å². The quantitative estimate of drug-likeness (QED) is 0.510. The maximum atomic E-state index is 11.6. The summed E-state index contributed by atoms with van der Waals surface area (Å²) in [5.74, 6) is 1.96. The number of hydrogen-bond acceptors (Lipinski definition) is 6. The van der Waals surface area contributed by atoms with Gasteiger partial charge in [0.1, 0.15) is 11.3 Å². The molecule has 3 unspecified atom stereocenters. The van der Waals surface area contributed by atoms with Gasteiger partial charge in [-0.15, -0.1) is 0 Å². The Morgan fingerprint density at radius 2 is 1.82 bits per heavy atom. The summed E-state index contributed by atoms with van der Waals surface area (Å²) in [7, 11) is 0. The van der Waals surface area contributed by atoms with Crippen LogP contribution in [-0.4, -0.2) is 35.3 Å². The molecular formula is C27H32N4O3. The summed E-state index contributed by atoms with van der Waals surface area (Å²) < 4.78 is 11.8. The Balaban J connectivity index is 0.000000418. The van der Waals surface area contributed by atoms with Crippen molar-refractivity contribution >= 4 is 22.7 Å². The highest BCUT2D eigenvalue weighted by Gasteiger charge is 2.44. The first-order valence-corrected chi connectivity index (χ1v) is 12.3. The smallest absolute Gasteiger partial charge is 0.240 e. The molecule has 1 saturated carbocycles. The Hall–Kier alpha value is -3.19. The van der Waals surface area contributed by atoms with Crippen LogP contribution in [0.25, 0.3) is 22.6 Å². The molecule has 3 heterocycles. The number of rotatable bonds is 6. The Kier molecular flexibility index (Phi) is 6.37. The lowest BCUT2D eigenvalue weighted by molar-refractivity contribution is -0.122. The van der Waals surface area contributed by atoms with Crippen LogP contribution in [-0.2, 0) is 4.79 Å². The number of benzene rings is 2. The van der Waals surface area contributed by atoms with E-state index in [1.807, 2.05) is 42.5 Å². The van der Waals surface area contributed by atoms with Gasteiger partial charge in [0, 0.05) is 35.5 Å². The number of hydrazone groups is 1. The maximum absolute atomic E-state index is 11.6. The first-order valence-electron chi connectivity index (χ1n) is 12.3. The monoisotopic (exact) mass is 460 g/mol. The molecule has 2 fully saturated rings. The van der Waals surface area contributed by atoms with E-state index in [0.717, 1.165) is 46.6 Å². The van der Waals surface area contributed by atoms with Crippen molar-refractivity contribution in [1.82, 2.24) is 15.7 Å². The van der Waals surface area contributed by atoms with Crippen LogP contribution in [0.4, 0.5) is 0 Å². The Morgan fingerprint density at radius 3 is 2.44 bits per heavy atom. The molecule has 3 atom stereocenters. The summed E-state index contributed by atoms with van der Waals surface area (Å²) in [6, 6.07) is 15.6. The number of ether oxygens (including phenoxy) is 1. The average molecular weight is 461 g/mol. The third-order valence-corrected chi connectivity index (χ3v) is 6.57. The molecule has 0 radical (unpaired) electrons. The van der Waals surface area contributed by atoms with Crippen LogP contribution in [0, 0.1) is 11.8 Å². The highest BCUT2D eigenvalue weighted by Crippen LogP contribution is 2.32. The van der Waals surface area contributed by atoms with E-state index in [2.05, 4.69) is 41.6 Å². The Labute approximate surface area is 200 Å². The van der Waals surface area contributed by atoms with Gasteiger partial charge in [-0.2, -0.15) is 5.10 Å². The van der Waals surface area contributed by atoms with Gasteiger partial charge in [-0.05, 0) is 61.6 Å². The van der Waals surface area contributed by atoms with Crippen molar-refractivity contribution in [3.63, 3.8) is 0 Å². The van der Waals surface area contributed by atoms with Gasteiger partial charge >= 0.3 is 0 Å². The minimum Gasteiger partial charge on any atom is -0.493 e. The summed E-state index contributed by atoms with van der Waals surface area (Å²) in [6.07, 6.45) is 4.22. The normalized spacial score (nSPS) is 22.8. The minimum atomic E-state index is -0.0375. The van der Waals surface area contributed by atoms with Crippen LogP contribution in [0.3, 0.4) is 0 Å². The molecule has 3 aliphatic rings. The summed E-state index contributed by atoms with van der Waals surface area (Å²) >= 11 is 0. The zero-order valence-corrected chi connectivity index (χ0v) is 20.0. The lowest BCUT2D eigenvalue weighted by Crippen LogP contribution is -2.33. The van der Waals surface area contributed by atoms with Crippen molar-refractivity contribution in [2.45, 2.75) is 58.5 Å². The first-order chi connectivity index (χ1) is 16.5. The molecular weight excluding hydrogens is 428 g/mol. The third kappa shape index (κ3) is 4.99. The molecule has 2 N–H and O–H groups in total. The highest BCUT2D eigenvalue weighted by atomic mass is 16.5. The Bertz CT molecular complexity index is 1190. The average Bonchev–Trinajstić information content (AvgIpc) is 3.22. The number of carbonyl (C=O) groups excluding carboxylic acids is 1. The summed E-state index contributed by atoms with van der Waals surface area (Å²) in [6.45, 7) is 7.00. The topological polar surface area (TPSA) is 98.7 Å². The molecule has 2 aromatic carbocycles. The summed E-state index contributed by atoms with van der Waals surface area (Å²) in [5, 5.41) is 7.59. The van der Waals surface area contributed by atoms with Crippen LogP contribution < -0.4 is 15.5 Å². The third-order valence-electron chi connectivity index (χ3n) is 6.57. The summed E-state index contributed by atoms with van der Waals surface area (Å²) in [4.78, 5) is 16.2. The molecule has 3 aromatic rings. The van der Waals surface area contributed by atoms with Crippen molar-refractivity contribution in [2.24, 2.45) is 16.9 Å². The van der Waals surface area contributed by atoms with E-state index in [1.165, 1.54) is 12.8 Å². The number of fused-ring (bicyclic) bond motifs is 2. The number of nitrogens with one attached hydrogen (secondary N) is 2. The van der Waals surface area contributed by atoms with Crippen molar-refractivity contribution < 1.29 is 13.9 Å². The highest BCUT2D eigenvalue weighted by molar-refractivity contribution is 6.07. The molecule has 7 nitrogen and oxygen atoms in total. The van der Waals surface area contributed by atoms with Crippen LogP contribution >= 0.6 is 0 Å². The van der Waals surface area contributed by atoms with Gasteiger partial charge in [0.15, 0.2) is 5.58 Å². The van der Waals surface area contributed by atoms with E-state index in [-0.39, 0.29) is 11.8 Å². The lowest BCUT2D eigenvalue weighted by Gasteiger charge is -2.21. The van der Waals surface area contributed by atoms with Crippen LogP contribution in [0.1, 0.15) is 52.0 Å². The fraction of sp³-hybridized carbons (Fsp3) is 0.444. The van der Waals surface area contributed by atoms with E-state index in [4.69, 9.17) is 9.15 Å². The van der Waals surface area contributed by atoms with Crippen molar-refractivity contribution in [3.8, 4) is 17.2 Å². The molecule has 1 amide bonds. The maximum Gasteiger partial charge on any atom is 0.240 e. The van der Waals surface area contributed by atoms with Crippen molar-refractivity contribution in [2.75, 3.05) is 6.61 Å². The molecule has 2 aliphatic heterocycles. The Morgan fingerprint density at radius 1 is 1.09 bits per heavy atom. The van der Waals surface area contributed by atoms with Gasteiger partial charge in [0.25, 0.3) is 0 Å². The van der Waals surface area contributed by atoms with Crippen LogP contribution in [0.5, 0.6) is 5.75 Å². The van der Waals surface area contributed by atoms with E-state index < -0.39 is 0 Å². The zero-order valence-electron chi connectivity index (χ0n) is 20.0. The number of nitrogens with zero attached hydrogens (tertiary/aromatic N) is 2. The molecule has 1 saturated heterocycles. The zero-order chi connectivity index (χ0) is 23.7. The number of amides is 1. The van der Waals surface area contributed by atoms with E-state index >= 15 is 0 Å². The molecule has 178 valence electrons. The standard InChI is InChI=1S/C23H25N3O3.C4H7N/c1-4-15-12-21(27)25-26-22(15)17-7-10-19-20(11-17)29-23(24-19)16-5-8-18(9-6-16)28-13-14(2)3;1-2-4-3(1)5-4/h5-11,14-15H,4,12-13H2,1-3H3,(H,25,27);3-5H,1-2H2. The predicted octanol–water partition coefficient (Wildman–Crippen LogP) is 4.90. The number of hydrogen-bond donors (Lipinski definition) is 2. The fourth-order valence-corrected chi connectivity index (χ4v) is 4.27. The summed E-state index contributed by atoms with van der Waals surface area (Å²) in [5.41, 5.74) is 6.81. The van der Waals surface area contributed by atoms with Gasteiger partial charge in [-0.1, -0.05) is 26.8 Å². The fourth-order valence-electron chi connectivity index (χ4n) is 4.27. The second kappa shape index (κ2) is 9.58. The molecule has 0 spiro atoms. The number of oxazole rings is 1. The largest absolute Gasteiger partial charge is 0.493 e. The minimum absolute atomic E-state index is 0.0375. The molecule has 34 heavy (non-hydrogen) atoms. The molecule has 1 aliphatic carbocycles. The number of carbonyl (C=O) groups is 1. The van der Waals surface area contributed by atoms with Gasteiger partial charge in [0.05, 0.1) is 12.3 Å². The van der Waals surface area contributed by atoms with Gasteiger partial charge in [0.2, 0.25) is 11.8 Å². The van der Waals surface area contributed by atoms with Crippen molar-refractivity contribution in [1.29, 1.82) is 0 Å². The van der Waals surface area contributed by atoms with E-state index in [9.17, 15) is 4.79 Å². The molecule has 1 aromatic heterocycles. The first kappa shape index (κ1) is 22.6. The van der Waals surface area contributed by atoms with Gasteiger partial charge < -0.3 is 14.5 Å². The molecule has 0 bridgehead atoms. The second-order valence-electron chi connectivity index (χ2n) is 9.73. The van der Waals surface area contributed by atoms with Gasteiger partial charge in [-0.3, -0.25) is 4.79 Å². The SMILES string of the molecule is C1CC2NC12.CCC1CC(=O)NN=C1c1ccc2nc(-c3ccc(OCC(C)C)cc3)oc2c1. The van der Waals surface area contributed by atoms with E-state index in [1.54, 1.807) is 0 Å². The molecule has 7 heteroatoms.